The fraction of sp³-hybridized carbons (Fsp3) is 0.476. The molecule has 1 N–H and O–H groups in total. The molecule has 25 heavy (non-hydrogen) atoms. The van der Waals surface area contributed by atoms with Gasteiger partial charge in [0.1, 0.15) is 5.75 Å². The number of carbonyl (C=O) groups excluding carboxylic acids is 1. The van der Waals surface area contributed by atoms with E-state index >= 15 is 0 Å². The molecule has 0 bridgehead atoms. The Morgan fingerprint density at radius 2 is 2.20 bits per heavy atom. The molecular formula is C21H27NO2S. The molecular weight excluding hydrogens is 330 g/mol. The molecule has 2 heterocycles. The van der Waals surface area contributed by atoms with Crippen molar-refractivity contribution in [1.82, 2.24) is 4.90 Å². The van der Waals surface area contributed by atoms with E-state index in [1.165, 1.54) is 10.4 Å². The van der Waals surface area contributed by atoms with Gasteiger partial charge < -0.3 is 10.0 Å². The van der Waals surface area contributed by atoms with Gasteiger partial charge in [0.25, 0.3) is 0 Å². The van der Waals surface area contributed by atoms with E-state index in [4.69, 9.17) is 0 Å². The van der Waals surface area contributed by atoms with E-state index in [0.29, 0.717) is 18.1 Å². The third-order valence-corrected chi connectivity index (χ3v) is 6.67. The van der Waals surface area contributed by atoms with Gasteiger partial charge in [-0.05, 0) is 59.7 Å². The number of thiophene rings is 1. The fourth-order valence-corrected chi connectivity index (χ4v) is 4.53. The minimum Gasteiger partial charge on any atom is -0.508 e. The van der Waals surface area contributed by atoms with Gasteiger partial charge in [0.2, 0.25) is 5.91 Å². The molecule has 3 nitrogen and oxygen atoms in total. The Kier molecular flexibility index (Phi) is 5.48. The lowest BCUT2D eigenvalue weighted by Gasteiger charge is -2.45. The number of rotatable bonds is 5. The maximum absolute atomic E-state index is 12.6. The topological polar surface area (TPSA) is 40.5 Å². The molecule has 1 aromatic carbocycles. The minimum atomic E-state index is 0.00644. The molecule has 0 spiro atoms. The van der Waals surface area contributed by atoms with E-state index in [-0.39, 0.29) is 11.3 Å². The van der Waals surface area contributed by atoms with Crippen molar-refractivity contribution in [3.63, 3.8) is 0 Å². The zero-order chi connectivity index (χ0) is 17.9. The van der Waals surface area contributed by atoms with E-state index in [2.05, 4.69) is 37.4 Å². The van der Waals surface area contributed by atoms with Crippen LogP contribution < -0.4 is 0 Å². The van der Waals surface area contributed by atoms with Crippen LogP contribution in [0.2, 0.25) is 0 Å². The summed E-state index contributed by atoms with van der Waals surface area (Å²) in [4.78, 5) is 16.0. The van der Waals surface area contributed by atoms with Crippen LogP contribution in [0.4, 0.5) is 0 Å². The molecule has 1 aliphatic rings. The fourth-order valence-electron chi connectivity index (χ4n) is 3.78. The van der Waals surface area contributed by atoms with E-state index in [0.717, 1.165) is 32.4 Å². The molecule has 0 radical (unpaired) electrons. The van der Waals surface area contributed by atoms with Gasteiger partial charge in [0.15, 0.2) is 0 Å². The van der Waals surface area contributed by atoms with Gasteiger partial charge in [-0.3, -0.25) is 4.79 Å². The first-order valence-electron chi connectivity index (χ1n) is 9.09. The van der Waals surface area contributed by atoms with Crippen LogP contribution in [-0.4, -0.2) is 29.0 Å². The standard InChI is InChI=1S/C21H27NO2S/c1-16-15-22(20(24)10-4-8-19-9-5-13-25-19)12-11-21(16,2)17-6-3-7-18(23)14-17/h3,5-7,9,13-14,16,23H,4,8,10-12,15H2,1-2H3/t16-,21+/m0/s1. The first kappa shape index (κ1) is 18.0. The first-order chi connectivity index (χ1) is 12.0. The highest BCUT2D eigenvalue weighted by molar-refractivity contribution is 7.09. The van der Waals surface area contributed by atoms with Crippen LogP contribution in [-0.2, 0) is 16.6 Å². The lowest BCUT2D eigenvalue weighted by atomic mass is 9.68. The van der Waals surface area contributed by atoms with Crippen LogP contribution in [0.3, 0.4) is 0 Å². The number of phenolic OH excluding ortho intramolecular Hbond substituents is 1. The number of hydrogen-bond donors (Lipinski definition) is 1. The molecule has 3 rings (SSSR count). The van der Waals surface area contributed by atoms with Crippen molar-refractivity contribution in [3.05, 3.63) is 52.2 Å². The second-order valence-electron chi connectivity index (χ2n) is 7.39. The second-order valence-corrected chi connectivity index (χ2v) is 8.42. The largest absolute Gasteiger partial charge is 0.508 e. The number of likely N-dealkylation sites (tertiary alicyclic amines) is 1. The summed E-state index contributed by atoms with van der Waals surface area (Å²) in [5, 5.41) is 11.9. The smallest absolute Gasteiger partial charge is 0.222 e. The molecule has 1 amide bonds. The molecule has 0 unspecified atom stereocenters. The third kappa shape index (κ3) is 4.06. The summed E-state index contributed by atoms with van der Waals surface area (Å²) >= 11 is 1.76. The van der Waals surface area contributed by atoms with E-state index in [1.54, 1.807) is 17.4 Å². The van der Waals surface area contributed by atoms with Gasteiger partial charge in [-0.1, -0.05) is 32.0 Å². The number of benzene rings is 1. The number of amides is 1. The van der Waals surface area contributed by atoms with Crippen molar-refractivity contribution in [2.45, 2.75) is 44.9 Å². The lowest BCUT2D eigenvalue weighted by molar-refractivity contribution is -0.134. The summed E-state index contributed by atoms with van der Waals surface area (Å²) in [6, 6.07) is 11.8. The van der Waals surface area contributed by atoms with Crippen LogP contribution in [0.25, 0.3) is 0 Å². The van der Waals surface area contributed by atoms with Crippen molar-refractivity contribution < 1.29 is 9.90 Å². The Hall–Kier alpha value is -1.81. The number of aryl methyl sites for hydroxylation is 1. The van der Waals surface area contributed by atoms with Gasteiger partial charge in [0, 0.05) is 24.4 Å². The van der Waals surface area contributed by atoms with Crippen LogP contribution >= 0.6 is 11.3 Å². The minimum absolute atomic E-state index is 0.00644. The average Bonchev–Trinajstić information content (AvgIpc) is 3.10. The van der Waals surface area contributed by atoms with E-state index < -0.39 is 0 Å². The van der Waals surface area contributed by atoms with Gasteiger partial charge in [-0.25, -0.2) is 0 Å². The predicted octanol–water partition coefficient (Wildman–Crippen LogP) is 4.60. The Bertz CT molecular complexity index is 712. The second kappa shape index (κ2) is 7.61. The van der Waals surface area contributed by atoms with E-state index in [1.807, 2.05) is 17.0 Å². The van der Waals surface area contributed by atoms with Crippen LogP contribution in [0, 0.1) is 5.92 Å². The molecule has 4 heteroatoms. The summed E-state index contributed by atoms with van der Waals surface area (Å²) in [7, 11) is 0. The van der Waals surface area contributed by atoms with E-state index in [9.17, 15) is 9.90 Å². The highest BCUT2D eigenvalue weighted by Gasteiger charge is 2.39. The maximum atomic E-state index is 12.6. The van der Waals surface area contributed by atoms with Crippen molar-refractivity contribution in [2.24, 2.45) is 5.92 Å². The monoisotopic (exact) mass is 357 g/mol. The molecule has 2 atom stereocenters. The first-order valence-corrected chi connectivity index (χ1v) is 9.96. The van der Waals surface area contributed by atoms with Crippen molar-refractivity contribution in [2.75, 3.05) is 13.1 Å². The normalized spacial score (nSPS) is 23.6. The quantitative estimate of drug-likeness (QED) is 0.849. The zero-order valence-corrected chi connectivity index (χ0v) is 15.9. The molecule has 0 saturated carbocycles. The van der Waals surface area contributed by atoms with Gasteiger partial charge in [0.05, 0.1) is 0 Å². The average molecular weight is 358 g/mol. The maximum Gasteiger partial charge on any atom is 0.222 e. The Morgan fingerprint density at radius 3 is 2.88 bits per heavy atom. The van der Waals surface area contributed by atoms with Gasteiger partial charge in [-0.15, -0.1) is 11.3 Å². The highest BCUT2D eigenvalue weighted by atomic mass is 32.1. The predicted molar refractivity (Wildman–Crippen MR) is 103 cm³/mol. The zero-order valence-electron chi connectivity index (χ0n) is 15.1. The summed E-state index contributed by atoms with van der Waals surface area (Å²) in [5.74, 6) is 0.962. The molecule has 2 aromatic rings. The number of nitrogens with zero attached hydrogens (tertiary/aromatic N) is 1. The summed E-state index contributed by atoms with van der Waals surface area (Å²) in [5.41, 5.74) is 1.18. The molecule has 1 fully saturated rings. The number of aromatic hydroxyl groups is 1. The highest BCUT2D eigenvalue weighted by Crippen LogP contribution is 2.40. The Balaban J connectivity index is 1.56. The molecule has 134 valence electrons. The number of piperidine rings is 1. The summed E-state index contributed by atoms with van der Waals surface area (Å²) in [6.07, 6.45) is 3.49. The lowest BCUT2D eigenvalue weighted by Crippen LogP contribution is -2.49. The molecule has 1 aromatic heterocycles. The van der Waals surface area contributed by atoms with Gasteiger partial charge >= 0.3 is 0 Å². The van der Waals surface area contributed by atoms with Crippen LogP contribution in [0.1, 0.15) is 43.6 Å². The Labute approximate surface area is 154 Å². The van der Waals surface area contributed by atoms with Crippen LogP contribution in [0.15, 0.2) is 41.8 Å². The summed E-state index contributed by atoms with van der Waals surface area (Å²) < 4.78 is 0. The van der Waals surface area contributed by atoms with Crippen molar-refractivity contribution >= 4 is 17.2 Å². The Morgan fingerprint density at radius 1 is 1.36 bits per heavy atom. The van der Waals surface area contributed by atoms with Gasteiger partial charge in [-0.2, -0.15) is 0 Å². The number of hydrogen-bond acceptors (Lipinski definition) is 3. The molecule has 0 aliphatic carbocycles. The number of carbonyl (C=O) groups is 1. The molecule has 1 saturated heterocycles. The summed E-state index contributed by atoms with van der Waals surface area (Å²) in [6.45, 7) is 6.07. The van der Waals surface area contributed by atoms with Crippen molar-refractivity contribution in [1.29, 1.82) is 0 Å². The molecule has 1 aliphatic heterocycles. The third-order valence-electron chi connectivity index (χ3n) is 5.74. The van der Waals surface area contributed by atoms with Crippen LogP contribution in [0.5, 0.6) is 5.75 Å². The van der Waals surface area contributed by atoms with Crippen molar-refractivity contribution in [3.8, 4) is 5.75 Å². The number of phenols is 1. The SMILES string of the molecule is C[C@H]1CN(C(=O)CCCc2cccs2)CC[C@@]1(C)c1cccc(O)c1.